The van der Waals surface area contributed by atoms with Crippen molar-refractivity contribution in [1.82, 2.24) is 9.55 Å². The number of imidazole rings is 1. The van der Waals surface area contributed by atoms with Crippen molar-refractivity contribution in [2.45, 2.75) is 32.4 Å². The molecule has 0 fully saturated rings. The lowest BCUT2D eigenvalue weighted by Gasteiger charge is -2.08. The molecule has 0 saturated heterocycles. The third-order valence-electron chi connectivity index (χ3n) is 2.65. The molecule has 1 rings (SSSR count). The van der Waals surface area contributed by atoms with Crippen LogP contribution in [0.2, 0.25) is 0 Å². The van der Waals surface area contributed by atoms with E-state index in [1.54, 1.807) is 14.0 Å². The van der Waals surface area contributed by atoms with Gasteiger partial charge in [0.15, 0.2) is 0 Å². The van der Waals surface area contributed by atoms with Gasteiger partial charge in [0.1, 0.15) is 0 Å². The van der Waals surface area contributed by atoms with Crippen molar-refractivity contribution in [3.63, 3.8) is 0 Å². The van der Waals surface area contributed by atoms with Gasteiger partial charge >= 0.3 is 12.0 Å². The molecule has 0 aliphatic rings. The Bertz CT molecular complexity index is 456. The van der Waals surface area contributed by atoms with Gasteiger partial charge in [-0.05, 0) is 22.7 Å². The van der Waals surface area contributed by atoms with Crippen LogP contribution in [-0.2, 0) is 7.05 Å². The molecule has 0 atom stereocenters. The highest BCUT2D eigenvalue weighted by atomic mass is 19.4. The molecular weight excluding hydrogens is 265 g/mol. The zero-order valence-corrected chi connectivity index (χ0v) is 10.6. The van der Waals surface area contributed by atoms with Crippen molar-refractivity contribution in [3.05, 3.63) is 15.9 Å². The fourth-order valence-electron chi connectivity index (χ4n) is 1.58. The Hall–Kier alpha value is -1.80. The zero-order valence-electron chi connectivity index (χ0n) is 10.6. The Kier molecular flexibility index (Phi) is 4.73. The number of anilines is 1. The van der Waals surface area contributed by atoms with E-state index in [0.29, 0.717) is 5.82 Å². The molecule has 0 bridgehead atoms. The van der Waals surface area contributed by atoms with E-state index >= 15 is 0 Å². The lowest BCUT2D eigenvalue weighted by atomic mass is 10.2. The number of nitro groups is 1. The van der Waals surface area contributed by atoms with Gasteiger partial charge in [-0.1, -0.05) is 0 Å². The van der Waals surface area contributed by atoms with Gasteiger partial charge in [-0.3, -0.25) is 4.57 Å². The maximum Gasteiger partial charge on any atom is 0.406 e. The summed E-state index contributed by atoms with van der Waals surface area (Å²) < 4.78 is 37.3. The molecule has 108 valence electrons. The number of nitrogens with one attached hydrogen (secondary N) is 1. The fraction of sp³-hybridized carbons (Fsp3) is 0.700. The van der Waals surface area contributed by atoms with Crippen molar-refractivity contribution >= 4 is 11.6 Å². The molecule has 1 aromatic heterocycles. The summed E-state index contributed by atoms with van der Waals surface area (Å²) in [5.41, 5.74) is 0. The number of hydrogen-bond acceptors (Lipinski definition) is 4. The minimum absolute atomic E-state index is 0.0128. The van der Waals surface area contributed by atoms with Crippen LogP contribution in [0, 0.1) is 17.0 Å². The quantitative estimate of drug-likeness (QED) is 0.494. The van der Waals surface area contributed by atoms with Crippen LogP contribution in [0.15, 0.2) is 0 Å². The van der Waals surface area contributed by atoms with E-state index in [1.165, 1.54) is 4.57 Å². The van der Waals surface area contributed by atoms with Crippen LogP contribution in [0.3, 0.4) is 0 Å². The van der Waals surface area contributed by atoms with Gasteiger partial charge in [0.2, 0.25) is 11.6 Å². The van der Waals surface area contributed by atoms with E-state index < -0.39 is 17.5 Å². The first-order valence-corrected chi connectivity index (χ1v) is 5.70. The van der Waals surface area contributed by atoms with E-state index in [4.69, 9.17) is 0 Å². The molecule has 19 heavy (non-hydrogen) atoms. The van der Waals surface area contributed by atoms with Gasteiger partial charge in [-0.15, -0.1) is 0 Å². The van der Waals surface area contributed by atoms with Crippen molar-refractivity contribution in [2.24, 2.45) is 7.05 Å². The molecule has 9 heteroatoms. The van der Waals surface area contributed by atoms with Crippen LogP contribution in [0.25, 0.3) is 0 Å². The fourth-order valence-corrected chi connectivity index (χ4v) is 1.58. The number of alkyl halides is 3. The van der Waals surface area contributed by atoms with Crippen LogP contribution in [0.5, 0.6) is 0 Å². The smallest absolute Gasteiger partial charge is 0.364 e. The predicted molar refractivity (Wildman–Crippen MR) is 63.0 cm³/mol. The van der Waals surface area contributed by atoms with Crippen LogP contribution >= 0.6 is 0 Å². The summed E-state index contributed by atoms with van der Waals surface area (Å²) in [6, 6.07) is 0. The Labute approximate surface area is 107 Å². The van der Waals surface area contributed by atoms with Crippen LogP contribution in [0.1, 0.15) is 25.1 Å². The van der Waals surface area contributed by atoms with Gasteiger partial charge in [-0.2, -0.15) is 13.2 Å². The molecule has 0 spiro atoms. The molecule has 0 unspecified atom stereocenters. The highest BCUT2D eigenvalue weighted by molar-refractivity contribution is 5.53. The molecule has 0 saturated carbocycles. The zero-order chi connectivity index (χ0) is 14.6. The summed E-state index contributed by atoms with van der Waals surface area (Å²) in [6.45, 7) is 1.84. The SMILES string of the molecule is Cc1nc([N+](=O)[O-])c(NCCCCC(F)(F)F)n1C. The highest BCUT2D eigenvalue weighted by Crippen LogP contribution is 2.25. The Balaban J connectivity index is 2.52. The molecule has 6 nitrogen and oxygen atoms in total. The normalized spacial score (nSPS) is 11.6. The molecule has 1 aromatic rings. The van der Waals surface area contributed by atoms with E-state index in [9.17, 15) is 23.3 Å². The Morgan fingerprint density at radius 1 is 1.42 bits per heavy atom. The molecule has 0 radical (unpaired) electrons. The van der Waals surface area contributed by atoms with Gasteiger partial charge in [0, 0.05) is 26.9 Å². The molecule has 0 amide bonds. The number of aryl methyl sites for hydroxylation is 1. The van der Waals surface area contributed by atoms with E-state index in [2.05, 4.69) is 10.3 Å². The van der Waals surface area contributed by atoms with Crippen molar-refractivity contribution in [3.8, 4) is 0 Å². The van der Waals surface area contributed by atoms with E-state index in [1.807, 2.05) is 0 Å². The first kappa shape index (κ1) is 15.3. The number of unbranched alkanes of at least 4 members (excludes halogenated alkanes) is 1. The van der Waals surface area contributed by atoms with Crippen molar-refractivity contribution in [2.75, 3.05) is 11.9 Å². The standard InChI is InChI=1S/C10H15F3N4O2/c1-7-15-9(17(18)19)8(16(7)2)14-6-4-3-5-10(11,12)13/h14H,3-6H2,1-2H3. The summed E-state index contributed by atoms with van der Waals surface area (Å²) in [4.78, 5) is 13.9. The van der Waals surface area contributed by atoms with Gasteiger partial charge in [0.25, 0.3) is 0 Å². The topological polar surface area (TPSA) is 73.0 Å². The van der Waals surface area contributed by atoms with Gasteiger partial charge in [0.05, 0.1) is 0 Å². The first-order valence-electron chi connectivity index (χ1n) is 5.70. The van der Waals surface area contributed by atoms with Gasteiger partial charge < -0.3 is 15.4 Å². The summed E-state index contributed by atoms with van der Waals surface area (Å²) in [5.74, 6) is 0.370. The maximum absolute atomic E-state index is 11.9. The predicted octanol–water partition coefficient (Wildman–Crippen LogP) is 2.78. The van der Waals surface area contributed by atoms with E-state index in [-0.39, 0.29) is 31.0 Å². The lowest BCUT2D eigenvalue weighted by Crippen LogP contribution is -2.10. The maximum atomic E-state index is 11.9. The first-order chi connectivity index (χ1) is 8.72. The summed E-state index contributed by atoms with van der Waals surface area (Å²) >= 11 is 0. The largest absolute Gasteiger partial charge is 0.406 e. The van der Waals surface area contributed by atoms with E-state index in [0.717, 1.165) is 0 Å². The second-order valence-corrected chi connectivity index (χ2v) is 4.15. The minimum atomic E-state index is -4.16. The Morgan fingerprint density at radius 3 is 2.58 bits per heavy atom. The third kappa shape index (κ3) is 4.42. The number of aromatic nitrogens is 2. The molecule has 0 aliphatic carbocycles. The third-order valence-corrected chi connectivity index (χ3v) is 2.65. The Morgan fingerprint density at radius 2 is 2.05 bits per heavy atom. The number of rotatable bonds is 6. The summed E-state index contributed by atoms with van der Waals surface area (Å²) in [7, 11) is 1.60. The summed E-state index contributed by atoms with van der Waals surface area (Å²) in [6.07, 6.45) is -4.74. The summed E-state index contributed by atoms with van der Waals surface area (Å²) in [5, 5.41) is 13.5. The second-order valence-electron chi connectivity index (χ2n) is 4.15. The monoisotopic (exact) mass is 280 g/mol. The molecule has 0 aliphatic heterocycles. The molecular formula is C10H15F3N4O2. The molecule has 1 heterocycles. The molecule has 0 aromatic carbocycles. The second kappa shape index (κ2) is 5.89. The number of hydrogen-bond donors (Lipinski definition) is 1. The minimum Gasteiger partial charge on any atom is -0.364 e. The van der Waals surface area contributed by atoms with Crippen molar-refractivity contribution in [1.29, 1.82) is 0 Å². The highest BCUT2D eigenvalue weighted by Gasteiger charge is 2.26. The van der Waals surface area contributed by atoms with Gasteiger partial charge in [-0.25, -0.2) is 0 Å². The average molecular weight is 280 g/mol. The average Bonchev–Trinajstić information content (AvgIpc) is 2.55. The van der Waals surface area contributed by atoms with Crippen LogP contribution in [0.4, 0.5) is 24.8 Å². The lowest BCUT2D eigenvalue weighted by molar-refractivity contribution is -0.388. The van der Waals surface area contributed by atoms with Crippen LogP contribution < -0.4 is 5.32 Å². The molecule has 1 N–H and O–H groups in total. The number of nitrogens with zero attached hydrogens (tertiary/aromatic N) is 3. The number of halogens is 3. The van der Waals surface area contributed by atoms with Crippen LogP contribution in [-0.4, -0.2) is 27.2 Å². The van der Waals surface area contributed by atoms with Crippen molar-refractivity contribution < 1.29 is 18.1 Å².